The number of anilines is 2. The summed E-state index contributed by atoms with van der Waals surface area (Å²) in [6.45, 7) is 11.8. The van der Waals surface area contributed by atoms with Gasteiger partial charge < -0.3 is 10.2 Å². The SMILES string of the molecule is C=CCn1c(SCC(=O)Nc2ccccc2CC)nc2nc(N(CC)CC)sc2c1=O. The van der Waals surface area contributed by atoms with Gasteiger partial charge >= 0.3 is 0 Å². The van der Waals surface area contributed by atoms with Crippen molar-refractivity contribution >= 4 is 50.2 Å². The van der Waals surface area contributed by atoms with Crippen molar-refractivity contribution in [1.82, 2.24) is 14.5 Å². The van der Waals surface area contributed by atoms with Gasteiger partial charge in [-0.15, -0.1) is 6.58 Å². The Kier molecular flexibility index (Phi) is 7.86. The number of benzene rings is 1. The molecule has 1 N–H and O–H groups in total. The van der Waals surface area contributed by atoms with E-state index in [-0.39, 0.29) is 17.2 Å². The fourth-order valence-electron chi connectivity index (χ4n) is 3.17. The van der Waals surface area contributed by atoms with E-state index in [1.807, 2.05) is 31.2 Å². The molecule has 2 aromatic heterocycles. The zero-order valence-corrected chi connectivity index (χ0v) is 19.7. The molecule has 3 aromatic rings. The van der Waals surface area contributed by atoms with Crippen LogP contribution in [0.3, 0.4) is 0 Å². The summed E-state index contributed by atoms with van der Waals surface area (Å²) in [7, 11) is 0. The van der Waals surface area contributed by atoms with Crippen molar-refractivity contribution in [3.8, 4) is 0 Å². The summed E-state index contributed by atoms with van der Waals surface area (Å²) >= 11 is 2.59. The number of nitrogens with zero attached hydrogens (tertiary/aromatic N) is 4. The number of allylic oxidation sites excluding steroid dienone is 1. The van der Waals surface area contributed by atoms with Gasteiger partial charge in [0.05, 0.1) is 5.75 Å². The van der Waals surface area contributed by atoms with Gasteiger partial charge in [-0.25, -0.2) is 4.98 Å². The van der Waals surface area contributed by atoms with E-state index in [9.17, 15) is 9.59 Å². The molecule has 1 amide bonds. The molecule has 0 aliphatic rings. The highest BCUT2D eigenvalue weighted by Crippen LogP contribution is 2.27. The first kappa shape index (κ1) is 23.0. The van der Waals surface area contributed by atoms with Gasteiger partial charge in [0.25, 0.3) is 5.56 Å². The second-order valence-electron chi connectivity index (χ2n) is 6.77. The Bertz CT molecular complexity index is 1130. The van der Waals surface area contributed by atoms with Crippen molar-refractivity contribution in [3.05, 3.63) is 52.8 Å². The molecule has 0 bridgehead atoms. The van der Waals surface area contributed by atoms with Crippen LogP contribution in [0.4, 0.5) is 10.8 Å². The Hall–Kier alpha value is -2.65. The molecular formula is C22H27N5O2S2. The van der Waals surface area contributed by atoms with Crippen LogP contribution in [0.2, 0.25) is 0 Å². The zero-order chi connectivity index (χ0) is 22.4. The normalized spacial score (nSPS) is 10.9. The number of hydrogen-bond donors (Lipinski definition) is 1. The number of fused-ring (bicyclic) bond motifs is 1. The molecule has 0 saturated heterocycles. The van der Waals surface area contributed by atoms with Crippen LogP contribution in [0.25, 0.3) is 10.3 Å². The van der Waals surface area contributed by atoms with Crippen LogP contribution < -0.4 is 15.8 Å². The van der Waals surface area contributed by atoms with Gasteiger partial charge in [0, 0.05) is 25.3 Å². The quantitative estimate of drug-likeness (QED) is 0.279. The lowest BCUT2D eigenvalue weighted by molar-refractivity contribution is -0.113. The first-order valence-electron chi connectivity index (χ1n) is 10.3. The molecule has 9 heteroatoms. The smallest absolute Gasteiger partial charge is 0.274 e. The van der Waals surface area contributed by atoms with Crippen LogP contribution >= 0.6 is 23.1 Å². The molecule has 0 radical (unpaired) electrons. The number of nitrogens with one attached hydrogen (secondary N) is 1. The highest BCUT2D eigenvalue weighted by atomic mass is 32.2. The van der Waals surface area contributed by atoms with Gasteiger partial charge in [0.2, 0.25) is 5.91 Å². The molecule has 0 fully saturated rings. The van der Waals surface area contributed by atoms with Gasteiger partial charge in [-0.2, -0.15) is 4.98 Å². The number of carbonyl (C=O) groups is 1. The van der Waals surface area contributed by atoms with Crippen LogP contribution in [0.15, 0.2) is 46.9 Å². The highest BCUT2D eigenvalue weighted by Gasteiger charge is 2.18. The van der Waals surface area contributed by atoms with Gasteiger partial charge in [0.15, 0.2) is 15.9 Å². The van der Waals surface area contributed by atoms with Crippen molar-refractivity contribution in [2.24, 2.45) is 0 Å². The predicted molar refractivity (Wildman–Crippen MR) is 131 cm³/mol. The second kappa shape index (κ2) is 10.6. The molecule has 164 valence electrons. The summed E-state index contributed by atoms with van der Waals surface area (Å²) in [6.07, 6.45) is 2.49. The highest BCUT2D eigenvalue weighted by molar-refractivity contribution is 7.99. The molecule has 0 atom stereocenters. The summed E-state index contributed by atoms with van der Waals surface area (Å²) in [4.78, 5) is 36.9. The monoisotopic (exact) mass is 457 g/mol. The minimum atomic E-state index is -0.153. The maximum atomic E-state index is 13.1. The van der Waals surface area contributed by atoms with Crippen LogP contribution in [0.1, 0.15) is 26.3 Å². The van der Waals surface area contributed by atoms with Crippen molar-refractivity contribution in [2.45, 2.75) is 38.9 Å². The molecule has 0 saturated carbocycles. The molecule has 0 aliphatic carbocycles. The first-order valence-corrected chi connectivity index (χ1v) is 12.1. The number of thioether (sulfide) groups is 1. The number of amides is 1. The average molecular weight is 458 g/mol. The van der Waals surface area contributed by atoms with E-state index in [4.69, 9.17) is 0 Å². The maximum Gasteiger partial charge on any atom is 0.274 e. The lowest BCUT2D eigenvalue weighted by Gasteiger charge is -2.15. The van der Waals surface area contributed by atoms with Crippen molar-refractivity contribution in [3.63, 3.8) is 0 Å². The number of carbonyl (C=O) groups excluding carboxylic acids is 1. The fraction of sp³-hybridized carbons (Fsp3) is 0.364. The molecular weight excluding hydrogens is 430 g/mol. The summed E-state index contributed by atoms with van der Waals surface area (Å²) in [5.41, 5.74) is 2.16. The maximum absolute atomic E-state index is 13.1. The molecule has 3 rings (SSSR count). The summed E-state index contributed by atoms with van der Waals surface area (Å²) < 4.78 is 2.08. The van der Waals surface area contributed by atoms with Gasteiger partial charge in [0.1, 0.15) is 4.70 Å². The van der Waals surface area contributed by atoms with E-state index < -0.39 is 0 Å². The number of thiazole rings is 1. The van der Waals surface area contributed by atoms with Crippen LogP contribution in [0.5, 0.6) is 0 Å². The number of hydrogen-bond acceptors (Lipinski definition) is 7. The van der Waals surface area contributed by atoms with Gasteiger partial charge in [-0.05, 0) is 31.9 Å². The third kappa shape index (κ3) is 5.16. The summed E-state index contributed by atoms with van der Waals surface area (Å²) in [5.74, 6) is -0.00676. The largest absolute Gasteiger partial charge is 0.349 e. The Morgan fingerprint density at radius 3 is 2.68 bits per heavy atom. The average Bonchev–Trinajstić information content (AvgIpc) is 3.20. The predicted octanol–water partition coefficient (Wildman–Crippen LogP) is 4.18. The van der Waals surface area contributed by atoms with Gasteiger partial charge in [-0.3, -0.25) is 14.2 Å². The van der Waals surface area contributed by atoms with Crippen molar-refractivity contribution in [1.29, 1.82) is 0 Å². The van der Waals surface area contributed by atoms with E-state index in [1.165, 1.54) is 23.1 Å². The number of para-hydroxylation sites is 1. The fourth-order valence-corrected chi connectivity index (χ4v) is 5.05. The molecule has 0 spiro atoms. The minimum absolute atomic E-state index is 0.139. The third-order valence-electron chi connectivity index (χ3n) is 4.82. The summed E-state index contributed by atoms with van der Waals surface area (Å²) in [5, 5.41) is 4.20. The second-order valence-corrected chi connectivity index (χ2v) is 8.69. The lowest BCUT2D eigenvalue weighted by Crippen LogP contribution is -2.23. The summed E-state index contributed by atoms with van der Waals surface area (Å²) in [6, 6.07) is 7.74. The molecule has 1 aromatic carbocycles. The molecule has 7 nitrogen and oxygen atoms in total. The van der Waals surface area contributed by atoms with Crippen LogP contribution in [-0.2, 0) is 17.8 Å². The van der Waals surface area contributed by atoms with E-state index in [0.29, 0.717) is 22.0 Å². The standard InChI is InChI=1S/C22H27N5O2S2/c1-5-13-27-20(29)18-19(24-21(31-18)26(7-3)8-4)25-22(27)30-14-17(28)23-16-12-10-9-11-15(16)6-2/h5,9-12H,1,6-8,13-14H2,2-4H3,(H,23,28). The van der Waals surface area contributed by atoms with E-state index in [2.05, 4.69) is 40.6 Å². The Morgan fingerprint density at radius 2 is 2.00 bits per heavy atom. The Morgan fingerprint density at radius 1 is 1.26 bits per heavy atom. The van der Waals surface area contributed by atoms with Crippen molar-refractivity contribution in [2.75, 3.05) is 29.1 Å². The minimum Gasteiger partial charge on any atom is -0.349 e. The van der Waals surface area contributed by atoms with Crippen molar-refractivity contribution < 1.29 is 4.79 Å². The third-order valence-corrected chi connectivity index (χ3v) is 6.89. The van der Waals surface area contributed by atoms with Crippen LogP contribution in [-0.4, -0.2) is 39.3 Å². The first-order chi connectivity index (χ1) is 15.0. The zero-order valence-electron chi connectivity index (χ0n) is 18.1. The number of aromatic nitrogens is 3. The Balaban J connectivity index is 1.86. The molecule has 31 heavy (non-hydrogen) atoms. The Labute approximate surface area is 190 Å². The van der Waals surface area contributed by atoms with Crippen LogP contribution in [0, 0.1) is 0 Å². The number of rotatable bonds is 10. The number of aryl methyl sites for hydroxylation is 1. The van der Waals surface area contributed by atoms with E-state index >= 15 is 0 Å². The van der Waals surface area contributed by atoms with Gasteiger partial charge in [-0.1, -0.05) is 54.3 Å². The molecule has 0 aliphatic heterocycles. The molecule has 2 heterocycles. The topological polar surface area (TPSA) is 80.1 Å². The molecule has 0 unspecified atom stereocenters. The van der Waals surface area contributed by atoms with E-state index in [1.54, 1.807) is 10.6 Å². The lowest BCUT2D eigenvalue weighted by atomic mass is 10.1. The van der Waals surface area contributed by atoms with E-state index in [0.717, 1.165) is 35.9 Å².